The third-order valence-corrected chi connectivity index (χ3v) is 6.81. The molecular weight excluding hydrogens is 381 g/mol. The summed E-state index contributed by atoms with van der Waals surface area (Å²) in [5.74, 6) is 0.433. The topological polar surface area (TPSA) is 46.2 Å². The number of hydrogen-bond acceptors (Lipinski definition) is 3. The number of alkyl halides is 1. The lowest BCUT2D eigenvalue weighted by Crippen LogP contribution is -2.30. The molecule has 104 valence electrons. The van der Waals surface area contributed by atoms with Crippen LogP contribution in [0.15, 0.2) is 14.1 Å². The molecule has 1 aromatic rings. The van der Waals surface area contributed by atoms with Gasteiger partial charge >= 0.3 is 0 Å². The van der Waals surface area contributed by atoms with Crippen LogP contribution in [0.4, 0.5) is 0 Å². The molecule has 0 amide bonds. The zero-order chi connectivity index (χ0) is 13.9. The lowest BCUT2D eigenvalue weighted by atomic mass is 10.1. The van der Waals surface area contributed by atoms with Crippen LogP contribution < -0.4 is 4.72 Å². The molecule has 0 spiro atoms. The first-order valence-corrected chi connectivity index (χ1v) is 9.21. The van der Waals surface area contributed by atoms with Gasteiger partial charge in [-0.1, -0.05) is 25.4 Å². The molecule has 0 bridgehead atoms. The van der Waals surface area contributed by atoms with E-state index in [4.69, 9.17) is 23.2 Å². The molecule has 1 aromatic heterocycles. The Kier molecular flexibility index (Phi) is 6.41. The van der Waals surface area contributed by atoms with Crippen LogP contribution in [0.25, 0.3) is 0 Å². The number of sulfonamides is 1. The van der Waals surface area contributed by atoms with Gasteiger partial charge in [-0.25, -0.2) is 13.1 Å². The van der Waals surface area contributed by atoms with Crippen molar-refractivity contribution >= 4 is 60.5 Å². The average Bonchev–Trinajstić information content (AvgIpc) is 2.56. The van der Waals surface area contributed by atoms with Crippen molar-refractivity contribution in [1.82, 2.24) is 4.72 Å². The summed E-state index contributed by atoms with van der Waals surface area (Å²) < 4.78 is 27.2. The minimum atomic E-state index is -3.52. The first-order valence-electron chi connectivity index (χ1n) is 5.31. The molecule has 0 aliphatic rings. The van der Waals surface area contributed by atoms with Gasteiger partial charge in [0, 0.05) is 11.9 Å². The minimum Gasteiger partial charge on any atom is -0.209 e. The van der Waals surface area contributed by atoms with E-state index in [0.29, 0.717) is 14.7 Å². The maximum atomic E-state index is 11.9. The third kappa shape index (κ3) is 4.98. The highest BCUT2D eigenvalue weighted by Gasteiger charge is 2.20. The summed E-state index contributed by atoms with van der Waals surface area (Å²) in [5.41, 5.74) is 0. The second-order valence-corrected chi connectivity index (χ2v) is 9.65. The van der Waals surface area contributed by atoms with E-state index in [1.54, 1.807) is 0 Å². The molecule has 3 nitrogen and oxygen atoms in total. The molecule has 0 saturated carbocycles. The Balaban J connectivity index is 2.66. The van der Waals surface area contributed by atoms with Crippen LogP contribution >= 0.6 is 50.5 Å². The Bertz CT molecular complexity index is 482. The van der Waals surface area contributed by atoms with Gasteiger partial charge < -0.3 is 0 Å². The molecule has 0 aromatic carbocycles. The summed E-state index contributed by atoms with van der Waals surface area (Å²) >= 11 is 16.1. The maximum Gasteiger partial charge on any atom is 0.250 e. The Morgan fingerprint density at radius 1 is 1.50 bits per heavy atom. The second kappa shape index (κ2) is 6.90. The molecule has 0 fully saturated rings. The van der Waals surface area contributed by atoms with Gasteiger partial charge in [0.25, 0.3) is 0 Å². The van der Waals surface area contributed by atoms with Crippen molar-refractivity contribution in [3.05, 3.63) is 14.9 Å². The van der Waals surface area contributed by atoms with Gasteiger partial charge in [0.15, 0.2) is 0 Å². The summed E-state index contributed by atoms with van der Waals surface area (Å²) in [6.45, 7) is 4.30. The number of hydrogen-bond donors (Lipinski definition) is 1. The molecule has 1 heterocycles. The molecule has 1 rings (SSSR count). The Morgan fingerprint density at radius 2 is 2.11 bits per heavy atom. The van der Waals surface area contributed by atoms with Crippen LogP contribution in [0.3, 0.4) is 0 Å². The molecule has 1 unspecified atom stereocenters. The molecule has 0 aliphatic carbocycles. The molecule has 0 aliphatic heterocycles. The number of thiophene rings is 1. The molecule has 8 heteroatoms. The first-order chi connectivity index (χ1) is 8.22. The van der Waals surface area contributed by atoms with Gasteiger partial charge in [0.05, 0.1) is 8.81 Å². The van der Waals surface area contributed by atoms with Gasteiger partial charge in [-0.2, -0.15) is 0 Å². The van der Waals surface area contributed by atoms with E-state index in [1.807, 2.05) is 13.8 Å². The van der Waals surface area contributed by atoms with Crippen LogP contribution in [0, 0.1) is 5.92 Å². The molecule has 1 N–H and O–H groups in total. The van der Waals surface area contributed by atoms with Gasteiger partial charge in [-0.3, -0.25) is 0 Å². The van der Waals surface area contributed by atoms with Crippen molar-refractivity contribution < 1.29 is 8.42 Å². The summed E-state index contributed by atoms with van der Waals surface area (Å²) in [4.78, 5) is 0. The lowest BCUT2D eigenvalue weighted by molar-refractivity contribution is 0.545. The first kappa shape index (κ1) is 16.7. The molecular formula is C10H14BrCl2NO2S2. The predicted molar refractivity (Wildman–Crippen MR) is 81.3 cm³/mol. The van der Waals surface area contributed by atoms with E-state index in [-0.39, 0.29) is 16.1 Å². The summed E-state index contributed by atoms with van der Waals surface area (Å²) in [5, 5.41) is 0.184. The highest BCUT2D eigenvalue weighted by atomic mass is 79.9. The average molecular weight is 395 g/mol. The van der Waals surface area contributed by atoms with Crippen molar-refractivity contribution in [2.75, 3.05) is 6.54 Å². The fraction of sp³-hybridized carbons (Fsp3) is 0.600. The van der Waals surface area contributed by atoms with E-state index < -0.39 is 10.0 Å². The summed E-state index contributed by atoms with van der Waals surface area (Å²) in [7, 11) is -3.52. The Hall–Kier alpha value is 0.670. The van der Waals surface area contributed by atoms with E-state index in [1.165, 1.54) is 6.07 Å². The normalized spacial score (nSPS) is 14.1. The third-order valence-electron chi connectivity index (χ3n) is 2.11. The highest BCUT2D eigenvalue weighted by molar-refractivity contribution is 9.11. The van der Waals surface area contributed by atoms with Crippen molar-refractivity contribution in [3.63, 3.8) is 0 Å². The van der Waals surface area contributed by atoms with E-state index in [2.05, 4.69) is 20.7 Å². The van der Waals surface area contributed by atoms with E-state index >= 15 is 0 Å². The van der Waals surface area contributed by atoms with Crippen LogP contribution in [-0.4, -0.2) is 20.3 Å². The van der Waals surface area contributed by atoms with Crippen LogP contribution in [-0.2, 0) is 10.0 Å². The number of rotatable bonds is 6. The summed E-state index contributed by atoms with van der Waals surface area (Å²) in [6, 6.07) is 1.42. The lowest BCUT2D eigenvalue weighted by Gasteiger charge is -2.12. The van der Waals surface area contributed by atoms with Gasteiger partial charge in [0.2, 0.25) is 10.0 Å². The number of halogens is 3. The van der Waals surface area contributed by atoms with Crippen molar-refractivity contribution in [2.24, 2.45) is 5.92 Å². The van der Waals surface area contributed by atoms with Gasteiger partial charge in [-0.15, -0.1) is 22.9 Å². The molecule has 18 heavy (non-hydrogen) atoms. The highest BCUT2D eigenvalue weighted by Crippen LogP contribution is 2.34. The van der Waals surface area contributed by atoms with Crippen molar-refractivity contribution in [2.45, 2.75) is 29.9 Å². The second-order valence-electron chi connectivity index (χ2n) is 4.27. The van der Waals surface area contributed by atoms with Gasteiger partial charge in [0.1, 0.15) is 4.21 Å². The van der Waals surface area contributed by atoms with Gasteiger partial charge in [-0.05, 0) is 34.3 Å². The fourth-order valence-electron chi connectivity index (χ4n) is 1.33. The van der Waals surface area contributed by atoms with Crippen molar-refractivity contribution in [3.8, 4) is 0 Å². The quantitative estimate of drug-likeness (QED) is 0.738. The zero-order valence-electron chi connectivity index (χ0n) is 9.91. The minimum absolute atomic E-state index is 0.188. The molecule has 0 saturated heterocycles. The standard InChI is InChI=1S/C10H14BrCl2NO2S2/c1-6(2)3-7(12)5-14-18(15,16)9-4-8(13)10(11)17-9/h4,6-7,14H,3,5H2,1-2H3. The van der Waals surface area contributed by atoms with Crippen molar-refractivity contribution in [1.29, 1.82) is 0 Å². The zero-order valence-corrected chi connectivity index (χ0v) is 14.6. The largest absolute Gasteiger partial charge is 0.250 e. The van der Waals surface area contributed by atoms with E-state index in [9.17, 15) is 8.42 Å². The SMILES string of the molecule is CC(C)CC(Cl)CNS(=O)(=O)c1cc(Cl)c(Br)s1. The Morgan fingerprint density at radius 3 is 2.56 bits per heavy atom. The summed E-state index contributed by atoms with van der Waals surface area (Å²) in [6.07, 6.45) is 0.763. The number of nitrogens with one attached hydrogen (secondary N) is 1. The van der Waals surface area contributed by atoms with Crippen LogP contribution in [0.1, 0.15) is 20.3 Å². The predicted octanol–water partition coefficient (Wildman–Crippen LogP) is 4.10. The molecule has 1 atom stereocenters. The van der Waals surface area contributed by atoms with E-state index in [0.717, 1.165) is 17.8 Å². The van der Waals surface area contributed by atoms with Crippen LogP contribution in [0.5, 0.6) is 0 Å². The monoisotopic (exact) mass is 393 g/mol. The van der Waals surface area contributed by atoms with Crippen LogP contribution in [0.2, 0.25) is 5.02 Å². The smallest absolute Gasteiger partial charge is 0.209 e. The fourth-order valence-corrected chi connectivity index (χ4v) is 5.37. The maximum absolute atomic E-state index is 11.9. The molecule has 0 radical (unpaired) electrons. The Labute approximate surface area is 130 Å².